The predicted molar refractivity (Wildman–Crippen MR) is 57.8 cm³/mol. The maximum absolute atomic E-state index is 12.0. The van der Waals surface area contributed by atoms with Crippen LogP contribution in [0.25, 0.3) is 0 Å². The normalized spacial score (nSPS) is 32.6. The number of alkyl halides is 3. The van der Waals surface area contributed by atoms with Crippen molar-refractivity contribution in [2.45, 2.75) is 50.0 Å². The fraction of sp³-hybridized carbons (Fsp3) is 0.909. The summed E-state index contributed by atoms with van der Waals surface area (Å²) in [6, 6.07) is 0.269. The van der Waals surface area contributed by atoms with Gasteiger partial charge in [0.25, 0.3) is 0 Å². The van der Waals surface area contributed by atoms with Crippen molar-refractivity contribution in [3.05, 3.63) is 0 Å². The van der Waals surface area contributed by atoms with E-state index in [4.69, 9.17) is 0 Å². The molecule has 0 saturated carbocycles. The molecule has 2 aliphatic rings. The molecule has 2 rings (SSSR count). The molecule has 0 aliphatic carbocycles. The highest BCUT2D eigenvalue weighted by Crippen LogP contribution is 2.35. The predicted octanol–water partition coefficient (Wildman–Crippen LogP) is 0.653. The molecule has 2 N–H and O–H groups in total. The van der Waals surface area contributed by atoms with Crippen molar-refractivity contribution < 1.29 is 23.1 Å². The van der Waals surface area contributed by atoms with Crippen LogP contribution in [0, 0.1) is 0 Å². The standard InChI is InChI=1S/C11H17F3N2O2/c12-11(13,14)6-15-10(18)5-16-7-1-2-8(16)4-9(17)3-7/h7-9,17H,1-6H2,(H,15,18). The molecule has 0 spiro atoms. The van der Waals surface area contributed by atoms with Crippen molar-refractivity contribution in [3.63, 3.8) is 0 Å². The van der Waals surface area contributed by atoms with Crippen molar-refractivity contribution in [1.29, 1.82) is 0 Å². The molecular weight excluding hydrogens is 249 g/mol. The summed E-state index contributed by atoms with van der Waals surface area (Å²) in [4.78, 5) is 13.4. The number of nitrogens with zero attached hydrogens (tertiary/aromatic N) is 1. The average Bonchev–Trinajstić information content (AvgIpc) is 2.47. The van der Waals surface area contributed by atoms with Gasteiger partial charge in [-0.15, -0.1) is 0 Å². The van der Waals surface area contributed by atoms with Gasteiger partial charge >= 0.3 is 6.18 Å². The zero-order valence-corrected chi connectivity index (χ0v) is 9.91. The second-order valence-corrected chi connectivity index (χ2v) is 5.07. The van der Waals surface area contributed by atoms with Crippen LogP contribution < -0.4 is 5.32 Å². The first-order valence-corrected chi connectivity index (χ1v) is 6.12. The van der Waals surface area contributed by atoms with E-state index in [-0.39, 0.29) is 24.7 Å². The highest BCUT2D eigenvalue weighted by molar-refractivity contribution is 5.78. The first-order chi connectivity index (χ1) is 8.35. The van der Waals surface area contributed by atoms with Crippen molar-refractivity contribution in [2.75, 3.05) is 13.1 Å². The number of hydrogen-bond acceptors (Lipinski definition) is 3. The number of fused-ring (bicyclic) bond motifs is 2. The molecule has 18 heavy (non-hydrogen) atoms. The Labute approximate surface area is 103 Å². The summed E-state index contributed by atoms with van der Waals surface area (Å²) in [7, 11) is 0. The topological polar surface area (TPSA) is 52.6 Å². The number of hydrogen-bond donors (Lipinski definition) is 2. The van der Waals surface area contributed by atoms with E-state index in [1.807, 2.05) is 10.2 Å². The lowest BCUT2D eigenvalue weighted by Gasteiger charge is -2.36. The minimum Gasteiger partial charge on any atom is -0.393 e. The first-order valence-electron chi connectivity index (χ1n) is 6.12. The molecule has 0 aromatic carbocycles. The van der Waals surface area contributed by atoms with Gasteiger partial charge in [-0.2, -0.15) is 13.2 Å². The lowest BCUT2D eigenvalue weighted by molar-refractivity contribution is -0.139. The number of aliphatic hydroxyl groups is 1. The van der Waals surface area contributed by atoms with Crippen LogP contribution in [-0.4, -0.2) is 53.4 Å². The van der Waals surface area contributed by atoms with Crippen LogP contribution in [0.2, 0.25) is 0 Å². The number of nitrogens with one attached hydrogen (secondary N) is 1. The van der Waals surface area contributed by atoms with Crippen LogP contribution in [-0.2, 0) is 4.79 Å². The third kappa shape index (κ3) is 3.35. The Bertz CT molecular complexity index is 308. The summed E-state index contributed by atoms with van der Waals surface area (Å²) in [5.41, 5.74) is 0. The summed E-state index contributed by atoms with van der Waals surface area (Å²) in [5.74, 6) is -0.597. The number of aliphatic hydroxyl groups excluding tert-OH is 1. The molecule has 0 aromatic heterocycles. The van der Waals surface area contributed by atoms with Crippen molar-refractivity contribution >= 4 is 5.91 Å². The largest absolute Gasteiger partial charge is 0.405 e. The number of piperidine rings is 1. The smallest absolute Gasteiger partial charge is 0.393 e. The zero-order valence-electron chi connectivity index (χ0n) is 9.91. The summed E-state index contributed by atoms with van der Waals surface area (Å²) in [6.07, 6.45) is -1.65. The Kier molecular flexibility index (Phi) is 3.82. The van der Waals surface area contributed by atoms with E-state index in [0.717, 1.165) is 12.8 Å². The summed E-state index contributed by atoms with van der Waals surface area (Å²) >= 11 is 0. The Balaban J connectivity index is 1.81. The van der Waals surface area contributed by atoms with Crippen LogP contribution in [0.1, 0.15) is 25.7 Å². The molecule has 104 valence electrons. The molecule has 2 unspecified atom stereocenters. The van der Waals surface area contributed by atoms with Gasteiger partial charge in [-0.3, -0.25) is 9.69 Å². The zero-order chi connectivity index (χ0) is 13.3. The van der Waals surface area contributed by atoms with E-state index in [0.29, 0.717) is 12.8 Å². The van der Waals surface area contributed by atoms with E-state index < -0.39 is 18.6 Å². The van der Waals surface area contributed by atoms with Crippen molar-refractivity contribution in [2.24, 2.45) is 0 Å². The van der Waals surface area contributed by atoms with Gasteiger partial charge < -0.3 is 10.4 Å². The minimum absolute atomic E-state index is 0.00185. The molecule has 2 saturated heterocycles. The molecule has 2 fully saturated rings. The molecule has 2 atom stereocenters. The second kappa shape index (κ2) is 5.05. The molecule has 2 heterocycles. The van der Waals surface area contributed by atoms with Gasteiger partial charge in [0.1, 0.15) is 6.54 Å². The van der Waals surface area contributed by atoms with Crippen LogP contribution in [0.15, 0.2) is 0 Å². The monoisotopic (exact) mass is 266 g/mol. The van der Waals surface area contributed by atoms with Crippen LogP contribution >= 0.6 is 0 Å². The van der Waals surface area contributed by atoms with E-state index in [1.54, 1.807) is 0 Å². The fourth-order valence-electron chi connectivity index (χ4n) is 2.92. The van der Waals surface area contributed by atoms with E-state index in [1.165, 1.54) is 0 Å². The molecule has 0 aromatic rings. The molecule has 4 nitrogen and oxygen atoms in total. The van der Waals surface area contributed by atoms with E-state index in [9.17, 15) is 23.1 Å². The molecule has 0 radical (unpaired) electrons. The van der Waals surface area contributed by atoms with Crippen molar-refractivity contribution in [1.82, 2.24) is 10.2 Å². The van der Waals surface area contributed by atoms with E-state index in [2.05, 4.69) is 0 Å². The van der Waals surface area contributed by atoms with Gasteiger partial charge in [-0.25, -0.2) is 0 Å². The van der Waals surface area contributed by atoms with Gasteiger partial charge in [-0.05, 0) is 25.7 Å². The highest BCUT2D eigenvalue weighted by Gasteiger charge is 2.41. The molecule has 7 heteroatoms. The molecular formula is C11H17F3N2O2. The number of carbonyl (C=O) groups is 1. The van der Waals surface area contributed by atoms with Gasteiger partial charge in [0.15, 0.2) is 0 Å². The second-order valence-electron chi connectivity index (χ2n) is 5.07. The Morgan fingerprint density at radius 2 is 1.83 bits per heavy atom. The number of carbonyl (C=O) groups excluding carboxylic acids is 1. The number of rotatable bonds is 3. The van der Waals surface area contributed by atoms with Crippen LogP contribution in [0.3, 0.4) is 0 Å². The number of halogens is 3. The van der Waals surface area contributed by atoms with Gasteiger partial charge in [0.05, 0.1) is 12.6 Å². The maximum Gasteiger partial charge on any atom is 0.405 e. The van der Waals surface area contributed by atoms with Gasteiger partial charge in [0, 0.05) is 12.1 Å². The summed E-state index contributed by atoms with van der Waals surface area (Å²) in [5, 5.41) is 11.5. The van der Waals surface area contributed by atoms with Gasteiger partial charge in [0.2, 0.25) is 5.91 Å². The molecule has 1 amide bonds. The maximum atomic E-state index is 12.0. The first kappa shape index (κ1) is 13.6. The third-order valence-corrected chi connectivity index (χ3v) is 3.67. The SMILES string of the molecule is O=C(CN1C2CCC1CC(O)C2)NCC(F)(F)F. The minimum atomic E-state index is -4.37. The highest BCUT2D eigenvalue weighted by atomic mass is 19.4. The third-order valence-electron chi connectivity index (χ3n) is 3.67. The van der Waals surface area contributed by atoms with Crippen LogP contribution in [0.4, 0.5) is 13.2 Å². The Hall–Kier alpha value is -0.820. The van der Waals surface area contributed by atoms with E-state index >= 15 is 0 Å². The Morgan fingerprint density at radius 1 is 1.28 bits per heavy atom. The lowest BCUT2D eigenvalue weighted by atomic mass is 10.00. The quantitative estimate of drug-likeness (QED) is 0.788. The lowest BCUT2D eigenvalue weighted by Crippen LogP contribution is -2.49. The fourth-order valence-corrected chi connectivity index (χ4v) is 2.92. The molecule has 2 aliphatic heterocycles. The number of amides is 1. The van der Waals surface area contributed by atoms with Crippen molar-refractivity contribution in [3.8, 4) is 0 Å². The van der Waals surface area contributed by atoms with Gasteiger partial charge in [-0.1, -0.05) is 0 Å². The van der Waals surface area contributed by atoms with Crippen LogP contribution in [0.5, 0.6) is 0 Å². The molecule has 2 bridgehead atoms. The summed E-state index contributed by atoms with van der Waals surface area (Å²) < 4.78 is 35.9. The summed E-state index contributed by atoms with van der Waals surface area (Å²) in [6.45, 7) is -1.28. The average molecular weight is 266 g/mol. The Morgan fingerprint density at radius 3 is 2.33 bits per heavy atom.